The molecule has 28 heavy (non-hydrogen) atoms. The summed E-state index contributed by atoms with van der Waals surface area (Å²) in [6, 6.07) is 3.73. The van der Waals surface area contributed by atoms with Crippen molar-refractivity contribution in [3.05, 3.63) is 62.1 Å². The zero-order valence-electron chi connectivity index (χ0n) is 15.3. The third-order valence-corrected chi connectivity index (χ3v) is 4.18. The summed E-state index contributed by atoms with van der Waals surface area (Å²) in [6.07, 6.45) is -0.0678. The van der Waals surface area contributed by atoms with Gasteiger partial charge in [-0.25, -0.2) is 9.18 Å². The maximum absolute atomic E-state index is 14.2. The molecule has 8 nitrogen and oxygen atoms in total. The molecule has 1 aromatic rings. The van der Waals surface area contributed by atoms with E-state index in [1.807, 2.05) is 6.07 Å². The minimum atomic E-state index is -1.36. The molecule has 0 aromatic heterocycles. The fraction of sp³-hybridized carbons (Fsp3) is 0.333. The Bertz CT molecular complexity index is 934. The second-order valence-electron chi connectivity index (χ2n) is 5.89. The lowest BCUT2D eigenvalue weighted by molar-refractivity contribution is -0.431. The SMILES string of the molecule is COc1c(C2C(C(=O)OCCC#N)=C(C)NC(C)=C2[N+](=O)[O-])ccc(F)c1F. The van der Waals surface area contributed by atoms with Crippen molar-refractivity contribution in [3.8, 4) is 11.8 Å². The second kappa shape index (κ2) is 8.47. The summed E-state index contributed by atoms with van der Waals surface area (Å²) in [5, 5.41) is 23.0. The number of ether oxygens (including phenoxy) is 2. The van der Waals surface area contributed by atoms with Crippen LogP contribution in [0.15, 0.2) is 34.8 Å². The van der Waals surface area contributed by atoms with Crippen LogP contribution in [0, 0.1) is 33.1 Å². The summed E-state index contributed by atoms with van der Waals surface area (Å²) < 4.78 is 37.8. The van der Waals surface area contributed by atoms with Gasteiger partial charge in [-0.3, -0.25) is 10.1 Å². The lowest BCUT2D eigenvalue weighted by atomic mass is 9.83. The van der Waals surface area contributed by atoms with Crippen molar-refractivity contribution in [2.45, 2.75) is 26.2 Å². The van der Waals surface area contributed by atoms with Gasteiger partial charge in [-0.1, -0.05) is 6.07 Å². The van der Waals surface area contributed by atoms with E-state index < -0.39 is 39.9 Å². The average Bonchev–Trinajstić information content (AvgIpc) is 2.62. The van der Waals surface area contributed by atoms with Gasteiger partial charge in [0.05, 0.1) is 35.8 Å². The summed E-state index contributed by atoms with van der Waals surface area (Å²) in [5.41, 5.74) is -0.295. The van der Waals surface area contributed by atoms with Crippen LogP contribution >= 0.6 is 0 Å². The van der Waals surface area contributed by atoms with Crippen molar-refractivity contribution in [2.24, 2.45) is 0 Å². The number of carbonyl (C=O) groups is 1. The smallest absolute Gasteiger partial charge is 0.337 e. The van der Waals surface area contributed by atoms with Crippen LogP contribution in [0.5, 0.6) is 5.75 Å². The number of nitrogens with zero attached hydrogens (tertiary/aromatic N) is 2. The molecule has 0 amide bonds. The quantitative estimate of drug-likeness (QED) is 0.342. The lowest BCUT2D eigenvalue weighted by Gasteiger charge is -2.27. The van der Waals surface area contributed by atoms with Crippen LogP contribution < -0.4 is 10.1 Å². The maximum atomic E-state index is 14.2. The molecule has 10 heteroatoms. The van der Waals surface area contributed by atoms with E-state index in [2.05, 4.69) is 5.32 Å². The summed E-state index contributed by atoms with van der Waals surface area (Å²) in [5.74, 6) is -5.35. The van der Waals surface area contributed by atoms with Crippen LogP contribution in [0.3, 0.4) is 0 Å². The van der Waals surface area contributed by atoms with Crippen LogP contribution in [0.25, 0.3) is 0 Å². The number of carbonyl (C=O) groups excluding carboxylic acids is 1. The number of dihydropyridines is 1. The van der Waals surface area contributed by atoms with E-state index in [9.17, 15) is 23.7 Å². The molecule has 1 atom stereocenters. The summed E-state index contributed by atoms with van der Waals surface area (Å²) >= 11 is 0. The van der Waals surface area contributed by atoms with E-state index in [0.717, 1.165) is 19.2 Å². The van der Waals surface area contributed by atoms with Crippen molar-refractivity contribution in [1.29, 1.82) is 5.26 Å². The first-order valence-corrected chi connectivity index (χ1v) is 8.13. The first-order valence-electron chi connectivity index (χ1n) is 8.13. The van der Waals surface area contributed by atoms with E-state index in [-0.39, 0.29) is 35.6 Å². The number of benzene rings is 1. The normalized spacial score (nSPS) is 16.4. The molecule has 0 bridgehead atoms. The van der Waals surface area contributed by atoms with Crippen LogP contribution in [0.1, 0.15) is 31.7 Å². The third kappa shape index (κ3) is 3.78. The fourth-order valence-electron chi connectivity index (χ4n) is 3.05. The van der Waals surface area contributed by atoms with Crippen molar-refractivity contribution in [1.82, 2.24) is 5.32 Å². The highest BCUT2D eigenvalue weighted by molar-refractivity contribution is 5.92. The zero-order valence-corrected chi connectivity index (χ0v) is 15.3. The van der Waals surface area contributed by atoms with Gasteiger partial charge in [-0.2, -0.15) is 9.65 Å². The predicted octanol–water partition coefficient (Wildman–Crippen LogP) is 2.90. The Labute approximate surface area is 159 Å². The number of hydrogen-bond acceptors (Lipinski definition) is 7. The molecule has 1 N–H and O–H groups in total. The molecule has 0 saturated carbocycles. The largest absolute Gasteiger partial charge is 0.493 e. The number of rotatable bonds is 6. The highest BCUT2D eigenvalue weighted by Gasteiger charge is 2.43. The molecular weight excluding hydrogens is 376 g/mol. The maximum Gasteiger partial charge on any atom is 0.337 e. The number of esters is 1. The molecule has 148 valence electrons. The van der Waals surface area contributed by atoms with E-state index in [4.69, 9.17) is 14.7 Å². The van der Waals surface area contributed by atoms with Crippen molar-refractivity contribution < 1.29 is 28.0 Å². The Kier molecular flexibility index (Phi) is 6.30. The van der Waals surface area contributed by atoms with Gasteiger partial charge in [0.2, 0.25) is 5.82 Å². The van der Waals surface area contributed by atoms with Gasteiger partial charge < -0.3 is 14.8 Å². The molecule has 1 aromatic carbocycles. The molecule has 1 heterocycles. The van der Waals surface area contributed by atoms with Crippen LogP contribution in [-0.4, -0.2) is 24.6 Å². The van der Waals surface area contributed by atoms with E-state index in [0.29, 0.717) is 0 Å². The average molecular weight is 393 g/mol. The minimum Gasteiger partial charge on any atom is -0.493 e. The highest BCUT2D eigenvalue weighted by atomic mass is 19.2. The van der Waals surface area contributed by atoms with Gasteiger partial charge in [0.25, 0.3) is 5.70 Å². The van der Waals surface area contributed by atoms with Crippen molar-refractivity contribution in [2.75, 3.05) is 13.7 Å². The van der Waals surface area contributed by atoms with Crippen molar-refractivity contribution >= 4 is 5.97 Å². The van der Waals surface area contributed by atoms with Gasteiger partial charge in [-0.05, 0) is 19.9 Å². The number of halogens is 2. The Balaban J connectivity index is 2.70. The van der Waals surface area contributed by atoms with E-state index in [1.54, 1.807) is 0 Å². The Morgan fingerprint density at radius 2 is 2.04 bits per heavy atom. The molecule has 0 aliphatic carbocycles. The van der Waals surface area contributed by atoms with E-state index in [1.165, 1.54) is 13.8 Å². The second-order valence-corrected chi connectivity index (χ2v) is 5.89. The molecule has 0 spiro atoms. The molecular formula is C18H17F2N3O5. The van der Waals surface area contributed by atoms with Gasteiger partial charge in [0.1, 0.15) is 12.5 Å². The van der Waals surface area contributed by atoms with Gasteiger partial charge in [0.15, 0.2) is 11.6 Å². The monoisotopic (exact) mass is 393 g/mol. The van der Waals surface area contributed by atoms with Crippen LogP contribution in [-0.2, 0) is 9.53 Å². The minimum absolute atomic E-state index is 0.0678. The number of methoxy groups -OCH3 is 1. The highest BCUT2D eigenvalue weighted by Crippen LogP contribution is 2.43. The summed E-state index contributed by atoms with van der Waals surface area (Å²) in [7, 11) is 1.09. The third-order valence-electron chi connectivity index (χ3n) is 4.18. The molecule has 0 saturated heterocycles. The van der Waals surface area contributed by atoms with Gasteiger partial charge in [0, 0.05) is 11.3 Å². The predicted molar refractivity (Wildman–Crippen MR) is 92.4 cm³/mol. The fourth-order valence-corrected chi connectivity index (χ4v) is 3.05. The molecule has 2 rings (SSSR count). The Morgan fingerprint density at radius 1 is 1.36 bits per heavy atom. The molecule has 0 fully saturated rings. The summed E-state index contributed by atoms with van der Waals surface area (Å²) in [6.45, 7) is 2.71. The lowest BCUT2D eigenvalue weighted by Crippen LogP contribution is -2.32. The number of nitriles is 1. The van der Waals surface area contributed by atoms with Crippen molar-refractivity contribution in [3.63, 3.8) is 0 Å². The van der Waals surface area contributed by atoms with Crippen LogP contribution in [0.2, 0.25) is 0 Å². The topological polar surface area (TPSA) is 114 Å². The van der Waals surface area contributed by atoms with Crippen LogP contribution in [0.4, 0.5) is 8.78 Å². The van der Waals surface area contributed by atoms with Gasteiger partial charge in [-0.15, -0.1) is 0 Å². The Hall–Kier alpha value is -3.48. The standard InChI is InChI=1S/C18H17F2N3O5/c1-9-13(18(24)28-8-4-7-21)14(16(23(25)26)10(2)22-9)11-5-6-12(19)15(20)17(11)27-3/h5-6,14,22H,4,8H2,1-3H3. The number of hydrogen-bond donors (Lipinski definition) is 1. The van der Waals surface area contributed by atoms with Gasteiger partial charge >= 0.3 is 5.97 Å². The van der Waals surface area contributed by atoms with E-state index >= 15 is 0 Å². The number of allylic oxidation sites excluding steroid dienone is 3. The molecule has 1 unspecified atom stereocenters. The summed E-state index contributed by atoms with van der Waals surface area (Å²) in [4.78, 5) is 23.6. The Morgan fingerprint density at radius 3 is 2.61 bits per heavy atom. The molecule has 1 aliphatic heterocycles. The molecule has 1 aliphatic rings. The number of nitrogens with one attached hydrogen (secondary N) is 1. The number of nitro groups is 1. The first kappa shape index (κ1) is 20.8. The first-order chi connectivity index (χ1) is 13.2. The zero-order chi connectivity index (χ0) is 21.0. The molecule has 0 radical (unpaired) electrons.